The van der Waals surface area contributed by atoms with Gasteiger partial charge in [-0.1, -0.05) is 12.1 Å². The van der Waals surface area contributed by atoms with E-state index in [1.165, 1.54) is 11.3 Å². The number of hydrogen-bond donors (Lipinski definition) is 0. The Morgan fingerprint density at radius 1 is 1.00 bits per heavy atom. The number of amides is 1. The Kier molecular flexibility index (Phi) is 3.95. The average Bonchev–Trinajstić information content (AvgIpc) is 3.58. The molecule has 2 aliphatic rings. The van der Waals surface area contributed by atoms with Crippen LogP contribution in [0.15, 0.2) is 76.7 Å². The van der Waals surface area contributed by atoms with Crippen LogP contribution in [0.5, 0.6) is 11.5 Å². The van der Waals surface area contributed by atoms with Crippen molar-refractivity contribution in [1.29, 1.82) is 0 Å². The van der Waals surface area contributed by atoms with Crippen LogP contribution in [0.1, 0.15) is 34.1 Å². The molecule has 0 saturated carbocycles. The number of hydrazone groups is 1. The van der Waals surface area contributed by atoms with Gasteiger partial charge in [-0.3, -0.25) is 14.8 Å². The SMILES string of the molecule is O=C(c1ccco1)N1N=C(c2ccc3c(c2)OCO3)C[C@H]1c1cccc2nccnc12. The first kappa shape index (κ1) is 17.6. The van der Waals surface area contributed by atoms with Crippen molar-refractivity contribution in [2.45, 2.75) is 12.5 Å². The summed E-state index contributed by atoms with van der Waals surface area (Å²) in [6.07, 6.45) is 5.30. The number of furan rings is 1. The van der Waals surface area contributed by atoms with E-state index in [2.05, 4.69) is 9.97 Å². The molecule has 2 aromatic heterocycles. The number of aromatic nitrogens is 2. The maximum absolute atomic E-state index is 13.2. The molecule has 0 spiro atoms. The summed E-state index contributed by atoms with van der Waals surface area (Å²) >= 11 is 0. The molecule has 1 atom stereocenters. The number of carbonyl (C=O) groups excluding carboxylic acids is 1. The summed E-state index contributed by atoms with van der Waals surface area (Å²) in [7, 11) is 0. The fourth-order valence-electron chi connectivity index (χ4n) is 3.99. The molecule has 0 N–H and O–H groups in total. The molecule has 0 fully saturated rings. The third-order valence-electron chi connectivity index (χ3n) is 5.45. The van der Waals surface area contributed by atoms with Gasteiger partial charge in [0, 0.05) is 29.9 Å². The highest BCUT2D eigenvalue weighted by Gasteiger charge is 2.36. The summed E-state index contributed by atoms with van der Waals surface area (Å²) < 4.78 is 16.3. The van der Waals surface area contributed by atoms with E-state index in [9.17, 15) is 4.79 Å². The minimum atomic E-state index is -0.349. The van der Waals surface area contributed by atoms with Gasteiger partial charge in [0.25, 0.3) is 0 Å². The van der Waals surface area contributed by atoms with Crippen LogP contribution in [0.3, 0.4) is 0 Å². The highest BCUT2D eigenvalue weighted by Crippen LogP contribution is 2.39. The first-order valence-corrected chi connectivity index (χ1v) is 9.82. The molecule has 4 aromatic rings. The van der Waals surface area contributed by atoms with Crippen molar-refractivity contribution in [2.24, 2.45) is 5.10 Å². The lowest BCUT2D eigenvalue weighted by molar-refractivity contribution is 0.0679. The molecule has 1 amide bonds. The van der Waals surface area contributed by atoms with Crippen molar-refractivity contribution in [3.63, 3.8) is 0 Å². The molecule has 31 heavy (non-hydrogen) atoms. The Bertz CT molecular complexity index is 1330. The molecule has 0 aliphatic carbocycles. The molecule has 0 saturated heterocycles. The predicted octanol–water partition coefficient (Wildman–Crippen LogP) is 3.94. The number of carbonyl (C=O) groups is 1. The van der Waals surface area contributed by atoms with Gasteiger partial charge in [0.1, 0.15) is 0 Å². The Hall–Kier alpha value is -4.20. The quantitative estimate of drug-likeness (QED) is 0.506. The monoisotopic (exact) mass is 412 g/mol. The summed E-state index contributed by atoms with van der Waals surface area (Å²) in [5.41, 5.74) is 4.03. The lowest BCUT2D eigenvalue weighted by Crippen LogP contribution is -2.27. The van der Waals surface area contributed by atoms with E-state index in [1.54, 1.807) is 24.5 Å². The number of nitrogens with zero attached hydrogens (tertiary/aromatic N) is 4. The predicted molar refractivity (Wildman–Crippen MR) is 111 cm³/mol. The third kappa shape index (κ3) is 2.92. The Balaban J connectivity index is 1.45. The number of ether oxygens (including phenoxy) is 2. The van der Waals surface area contributed by atoms with Crippen LogP contribution in [-0.2, 0) is 0 Å². The number of rotatable bonds is 3. The van der Waals surface area contributed by atoms with E-state index in [0.29, 0.717) is 17.9 Å². The van der Waals surface area contributed by atoms with Gasteiger partial charge in [0.2, 0.25) is 6.79 Å². The fourth-order valence-corrected chi connectivity index (χ4v) is 3.99. The van der Waals surface area contributed by atoms with Gasteiger partial charge < -0.3 is 13.9 Å². The standard InChI is InChI=1S/C23H16N4O4/c28-23(20-5-2-10-29-20)27-18(15-3-1-4-16-22(15)25-9-8-24-16)12-17(26-27)14-6-7-19-21(11-14)31-13-30-19/h1-11,18H,12-13H2/t18-/m0/s1. The zero-order valence-corrected chi connectivity index (χ0v) is 16.3. The molecule has 0 unspecified atom stereocenters. The smallest absolute Gasteiger partial charge is 0.310 e. The molecular formula is C23H16N4O4. The molecule has 0 bridgehead atoms. The van der Waals surface area contributed by atoms with E-state index in [1.807, 2.05) is 36.4 Å². The van der Waals surface area contributed by atoms with Crippen LogP contribution in [0.4, 0.5) is 0 Å². The second-order valence-corrected chi connectivity index (χ2v) is 7.23. The number of fused-ring (bicyclic) bond motifs is 2. The van der Waals surface area contributed by atoms with Gasteiger partial charge in [-0.05, 0) is 36.4 Å². The summed E-state index contributed by atoms with van der Waals surface area (Å²) in [6.45, 7) is 0.200. The van der Waals surface area contributed by atoms with Gasteiger partial charge in [0.15, 0.2) is 17.3 Å². The van der Waals surface area contributed by atoms with E-state index >= 15 is 0 Å². The van der Waals surface area contributed by atoms with E-state index in [-0.39, 0.29) is 24.5 Å². The second kappa shape index (κ2) is 6.94. The molecule has 6 rings (SSSR count). The molecule has 2 aromatic carbocycles. The lowest BCUT2D eigenvalue weighted by atomic mass is 9.97. The Morgan fingerprint density at radius 3 is 2.81 bits per heavy atom. The summed E-state index contributed by atoms with van der Waals surface area (Å²) in [5.74, 6) is 1.29. The van der Waals surface area contributed by atoms with Crippen LogP contribution in [-0.4, -0.2) is 33.4 Å². The van der Waals surface area contributed by atoms with E-state index in [4.69, 9.17) is 19.0 Å². The van der Waals surface area contributed by atoms with E-state index < -0.39 is 0 Å². The molecular weight excluding hydrogens is 396 g/mol. The van der Waals surface area contributed by atoms with Gasteiger partial charge in [-0.15, -0.1) is 0 Å². The van der Waals surface area contributed by atoms with Gasteiger partial charge >= 0.3 is 5.91 Å². The zero-order chi connectivity index (χ0) is 20.8. The van der Waals surface area contributed by atoms with Crippen molar-refractivity contribution < 1.29 is 18.7 Å². The highest BCUT2D eigenvalue weighted by atomic mass is 16.7. The minimum Gasteiger partial charge on any atom is -0.459 e. The van der Waals surface area contributed by atoms with Crippen molar-refractivity contribution in [2.75, 3.05) is 6.79 Å². The molecule has 0 radical (unpaired) electrons. The van der Waals surface area contributed by atoms with Crippen LogP contribution in [0.2, 0.25) is 0 Å². The number of benzene rings is 2. The number of hydrogen-bond acceptors (Lipinski definition) is 7. The van der Waals surface area contributed by atoms with Crippen LogP contribution < -0.4 is 9.47 Å². The van der Waals surface area contributed by atoms with E-state index in [0.717, 1.165) is 27.9 Å². The normalized spacial score (nSPS) is 17.2. The third-order valence-corrected chi connectivity index (χ3v) is 5.45. The second-order valence-electron chi connectivity index (χ2n) is 7.23. The molecule has 8 nitrogen and oxygen atoms in total. The summed E-state index contributed by atoms with van der Waals surface area (Å²) in [6, 6.07) is 14.4. The zero-order valence-electron chi connectivity index (χ0n) is 16.3. The highest BCUT2D eigenvalue weighted by molar-refractivity contribution is 6.05. The maximum Gasteiger partial charge on any atom is 0.310 e. The van der Waals surface area contributed by atoms with Crippen LogP contribution in [0, 0.1) is 0 Å². The van der Waals surface area contributed by atoms with Crippen LogP contribution in [0.25, 0.3) is 11.0 Å². The Morgan fingerprint density at radius 2 is 1.90 bits per heavy atom. The number of para-hydroxylation sites is 1. The first-order chi connectivity index (χ1) is 15.3. The fraction of sp³-hybridized carbons (Fsp3) is 0.130. The van der Waals surface area contributed by atoms with Gasteiger partial charge in [-0.25, -0.2) is 5.01 Å². The molecule has 4 heterocycles. The van der Waals surface area contributed by atoms with Crippen molar-refractivity contribution in [1.82, 2.24) is 15.0 Å². The van der Waals surface area contributed by atoms with Crippen molar-refractivity contribution >= 4 is 22.7 Å². The largest absolute Gasteiger partial charge is 0.459 e. The van der Waals surface area contributed by atoms with Crippen LogP contribution >= 0.6 is 0 Å². The van der Waals surface area contributed by atoms with Gasteiger partial charge in [-0.2, -0.15) is 5.10 Å². The summed E-state index contributed by atoms with van der Waals surface area (Å²) in [5, 5.41) is 6.17. The topological polar surface area (TPSA) is 90.1 Å². The Labute approximate surface area is 176 Å². The van der Waals surface area contributed by atoms with Gasteiger partial charge in [0.05, 0.1) is 29.1 Å². The molecule has 152 valence electrons. The first-order valence-electron chi connectivity index (χ1n) is 9.82. The maximum atomic E-state index is 13.2. The average molecular weight is 412 g/mol. The lowest BCUT2D eigenvalue weighted by Gasteiger charge is -2.21. The molecule has 8 heteroatoms. The van der Waals surface area contributed by atoms with Crippen molar-refractivity contribution in [3.8, 4) is 11.5 Å². The summed E-state index contributed by atoms with van der Waals surface area (Å²) in [4.78, 5) is 22.1. The van der Waals surface area contributed by atoms with Crippen molar-refractivity contribution in [3.05, 3.63) is 84.1 Å². The molecule has 2 aliphatic heterocycles. The minimum absolute atomic E-state index is 0.200.